The van der Waals surface area contributed by atoms with Crippen LogP contribution in [0.2, 0.25) is 0 Å². The van der Waals surface area contributed by atoms with Gasteiger partial charge in [-0.25, -0.2) is 0 Å². The molecule has 1 rings (SSSR count). The molecule has 0 spiro atoms. The Labute approximate surface area is 79.6 Å². The molecule has 0 aliphatic carbocycles. The number of hydrogen-bond acceptors (Lipinski definition) is 2. The van der Waals surface area contributed by atoms with E-state index in [2.05, 4.69) is 18.8 Å². The molecule has 0 saturated carbocycles. The fourth-order valence-electron chi connectivity index (χ4n) is 1.87. The molecule has 72 valence electrons. The maximum atomic E-state index is 9.17. The number of aromatic nitrogens is 1. The summed E-state index contributed by atoms with van der Waals surface area (Å²) < 4.78 is 0. The predicted octanol–water partition coefficient (Wildman–Crippen LogP) is 2.06. The summed E-state index contributed by atoms with van der Waals surface area (Å²) in [6, 6.07) is 0. The Kier molecular flexibility index (Phi) is 3.04. The Morgan fingerprint density at radius 2 is 1.62 bits per heavy atom. The Bertz CT molecular complexity index is 290. The molecule has 0 aromatic carbocycles. The van der Waals surface area contributed by atoms with Crippen molar-refractivity contribution in [2.45, 2.75) is 40.7 Å². The van der Waals surface area contributed by atoms with Crippen LogP contribution in [0.1, 0.15) is 35.0 Å². The normalized spacial score (nSPS) is 10.5. The molecule has 0 aliphatic heterocycles. The molecule has 1 aromatic heterocycles. The van der Waals surface area contributed by atoms with E-state index in [-0.39, 0.29) is 6.61 Å². The molecule has 1 heterocycles. The largest absolute Gasteiger partial charge is 0.392 e. The van der Waals surface area contributed by atoms with Crippen LogP contribution < -0.4 is 0 Å². The van der Waals surface area contributed by atoms with Crippen LogP contribution in [0.15, 0.2) is 0 Å². The summed E-state index contributed by atoms with van der Waals surface area (Å²) in [6.45, 7) is 8.25. The summed E-state index contributed by atoms with van der Waals surface area (Å²) in [5, 5.41) is 9.17. The zero-order valence-corrected chi connectivity index (χ0v) is 8.81. The summed E-state index contributed by atoms with van der Waals surface area (Å²) >= 11 is 0. The number of pyridine rings is 1. The van der Waals surface area contributed by atoms with Crippen molar-refractivity contribution in [2.75, 3.05) is 0 Å². The number of rotatable bonds is 2. The van der Waals surface area contributed by atoms with Crippen molar-refractivity contribution >= 4 is 0 Å². The average Bonchev–Trinajstić information content (AvgIpc) is 2.04. The summed E-state index contributed by atoms with van der Waals surface area (Å²) in [6.07, 6.45) is 0.984. The van der Waals surface area contributed by atoms with Gasteiger partial charge in [-0.2, -0.15) is 0 Å². The van der Waals surface area contributed by atoms with E-state index in [4.69, 9.17) is 0 Å². The second-order valence-corrected chi connectivity index (χ2v) is 3.38. The zero-order chi connectivity index (χ0) is 10.0. The van der Waals surface area contributed by atoms with Crippen LogP contribution >= 0.6 is 0 Å². The minimum atomic E-state index is 0.0952. The van der Waals surface area contributed by atoms with E-state index in [1.54, 1.807) is 0 Å². The lowest BCUT2D eigenvalue weighted by molar-refractivity contribution is 0.279. The molecule has 0 aliphatic rings. The van der Waals surface area contributed by atoms with Crippen LogP contribution in [0.5, 0.6) is 0 Å². The average molecular weight is 179 g/mol. The predicted molar refractivity (Wildman–Crippen MR) is 53.7 cm³/mol. The van der Waals surface area contributed by atoms with Crippen LogP contribution in [0.4, 0.5) is 0 Å². The van der Waals surface area contributed by atoms with Crippen molar-refractivity contribution in [1.82, 2.24) is 4.98 Å². The van der Waals surface area contributed by atoms with Gasteiger partial charge in [0.05, 0.1) is 6.61 Å². The molecule has 13 heavy (non-hydrogen) atoms. The summed E-state index contributed by atoms with van der Waals surface area (Å²) in [4.78, 5) is 4.42. The van der Waals surface area contributed by atoms with Gasteiger partial charge >= 0.3 is 0 Å². The number of nitrogens with zero attached hydrogens (tertiary/aromatic N) is 1. The first-order chi connectivity index (χ1) is 6.11. The second kappa shape index (κ2) is 3.88. The minimum absolute atomic E-state index is 0.0952. The maximum absolute atomic E-state index is 9.17. The zero-order valence-electron chi connectivity index (χ0n) is 8.81. The molecule has 0 saturated heterocycles. The van der Waals surface area contributed by atoms with Gasteiger partial charge < -0.3 is 5.11 Å². The van der Waals surface area contributed by atoms with Gasteiger partial charge in [0.2, 0.25) is 0 Å². The third kappa shape index (κ3) is 1.73. The van der Waals surface area contributed by atoms with Gasteiger partial charge in [0.25, 0.3) is 0 Å². The minimum Gasteiger partial charge on any atom is -0.392 e. The first-order valence-electron chi connectivity index (χ1n) is 4.68. The van der Waals surface area contributed by atoms with Crippen molar-refractivity contribution < 1.29 is 5.11 Å². The van der Waals surface area contributed by atoms with Crippen LogP contribution in [0.25, 0.3) is 0 Å². The molecule has 0 atom stereocenters. The van der Waals surface area contributed by atoms with E-state index in [1.165, 1.54) is 11.1 Å². The monoisotopic (exact) mass is 179 g/mol. The number of aryl methyl sites for hydroxylation is 2. The molecule has 0 amide bonds. The highest BCUT2D eigenvalue weighted by atomic mass is 16.3. The molecular weight excluding hydrogens is 162 g/mol. The SMILES string of the molecule is CCc1c(C)nc(C)c(CO)c1C. The fourth-order valence-corrected chi connectivity index (χ4v) is 1.87. The lowest BCUT2D eigenvalue weighted by atomic mass is 9.99. The summed E-state index contributed by atoms with van der Waals surface area (Å²) in [5.74, 6) is 0. The highest BCUT2D eigenvalue weighted by Gasteiger charge is 2.09. The van der Waals surface area contributed by atoms with Crippen LogP contribution in [-0.4, -0.2) is 10.1 Å². The van der Waals surface area contributed by atoms with E-state index < -0.39 is 0 Å². The van der Waals surface area contributed by atoms with Crippen molar-refractivity contribution in [3.63, 3.8) is 0 Å². The van der Waals surface area contributed by atoms with Crippen molar-refractivity contribution in [2.24, 2.45) is 0 Å². The van der Waals surface area contributed by atoms with Gasteiger partial charge in [-0.3, -0.25) is 4.98 Å². The molecule has 0 bridgehead atoms. The molecule has 1 N–H and O–H groups in total. The fraction of sp³-hybridized carbons (Fsp3) is 0.545. The Hall–Kier alpha value is -0.890. The van der Waals surface area contributed by atoms with E-state index in [0.29, 0.717) is 0 Å². The van der Waals surface area contributed by atoms with Gasteiger partial charge in [-0.15, -0.1) is 0 Å². The van der Waals surface area contributed by atoms with E-state index >= 15 is 0 Å². The standard InChI is InChI=1S/C11H17NO/c1-5-10-7(2)11(6-13)9(4)12-8(10)3/h13H,5-6H2,1-4H3. The summed E-state index contributed by atoms with van der Waals surface area (Å²) in [7, 11) is 0. The number of hydrogen-bond donors (Lipinski definition) is 1. The molecule has 0 radical (unpaired) electrons. The Balaban J connectivity index is 3.39. The van der Waals surface area contributed by atoms with Gasteiger partial charge in [-0.1, -0.05) is 6.92 Å². The Morgan fingerprint density at radius 1 is 1.08 bits per heavy atom. The lowest BCUT2D eigenvalue weighted by Gasteiger charge is -2.13. The number of aliphatic hydroxyl groups excluding tert-OH is 1. The van der Waals surface area contributed by atoms with E-state index in [1.807, 2.05) is 13.8 Å². The smallest absolute Gasteiger partial charge is 0.0702 e. The maximum Gasteiger partial charge on any atom is 0.0702 e. The number of aliphatic hydroxyl groups is 1. The van der Waals surface area contributed by atoms with Gasteiger partial charge in [0.1, 0.15) is 0 Å². The molecule has 2 heteroatoms. The highest BCUT2D eigenvalue weighted by Crippen LogP contribution is 2.19. The van der Waals surface area contributed by atoms with Gasteiger partial charge in [-0.05, 0) is 38.3 Å². The Morgan fingerprint density at radius 3 is 2.08 bits per heavy atom. The summed E-state index contributed by atoms with van der Waals surface area (Å²) in [5.41, 5.74) is 5.51. The molecule has 0 fully saturated rings. The van der Waals surface area contributed by atoms with Crippen molar-refractivity contribution in [1.29, 1.82) is 0 Å². The molecule has 0 unspecified atom stereocenters. The van der Waals surface area contributed by atoms with Gasteiger partial charge in [0, 0.05) is 17.0 Å². The van der Waals surface area contributed by atoms with Crippen LogP contribution in [0, 0.1) is 20.8 Å². The molecule has 2 nitrogen and oxygen atoms in total. The topological polar surface area (TPSA) is 33.1 Å². The quantitative estimate of drug-likeness (QED) is 0.753. The third-order valence-electron chi connectivity index (χ3n) is 2.63. The molecular formula is C11H17NO. The van der Waals surface area contributed by atoms with E-state index in [0.717, 1.165) is 23.4 Å². The highest BCUT2D eigenvalue weighted by molar-refractivity contribution is 5.38. The van der Waals surface area contributed by atoms with Gasteiger partial charge in [0.15, 0.2) is 0 Å². The van der Waals surface area contributed by atoms with Crippen molar-refractivity contribution in [3.8, 4) is 0 Å². The van der Waals surface area contributed by atoms with Crippen LogP contribution in [-0.2, 0) is 13.0 Å². The van der Waals surface area contributed by atoms with Crippen LogP contribution in [0.3, 0.4) is 0 Å². The lowest BCUT2D eigenvalue weighted by Crippen LogP contribution is -2.04. The first-order valence-corrected chi connectivity index (χ1v) is 4.68. The molecule has 1 aromatic rings. The first kappa shape index (κ1) is 10.2. The van der Waals surface area contributed by atoms with Crippen molar-refractivity contribution in [3.05, 3.63) is 28.1 Å². The second-order valence-electron chi connectivity index (χ2n) is 3.38. The van der Waals surface area contributed by atoms with E-state index in [9.17, 15) is 5.11 Å². The third-order valence-corrected chi connectivity index (χ3v) is 2.63.